The molecule has 0 aliphatic carbocycles. The summed E-state index contributed by atoms with van der Waals surface area (Å²) in [5, 5.41) is 4.49. The molecule has 0 heterocycles. The van der Waals surface area contributed by atoms with Crippen LogP contribution >= 0.6 is 27.5 Å². The molecule has 3 aromatic rings. The van der Waals surface area contributed by atoms with Crippen molar-refractivity contribution in [2.24, 2.45) is 5.10 Å². The predicted molar refractivity (Wildman–Crippen MR) is 112 cm³/mol. The van der Waals surface area contributed by atoms with E-state index in [1.54, 1.807) is 66.7 Å². The van der Waals surface area contributed by atoms with Gasteiger partial charge in [0, 0.05) is 20.6 Å². The molecule has 0 bridgehead atoms. The van der Waals surface area contributed by atoms with Gasteiger partial charge in [0.1, 0.15) is 5.75 Å². The minimum Gasteiger partial charge on any atom is -0.422 e. The maximum absolute atomic E-state index is 12.3. The normalized spacial score (nSPS) is 10.6. The van der Waals surface area contributed by atoms with E-state index in [0.717, 1.165) is 4.47 Å². The second kappa shape index (κ2) is 9.30. The van der Waals surface area contributed by atoms with Gasteiger partial charge in [-0.3, -0.25) is 4.79 Å². The van der Waals surface area contributed by atoms with Crippen LogP contribution in [-0.2, 0) is 0 Å². The van der Waals surface area contributed by atoms with Crippen LogP contribution in [0.3, 0.4) is 0 Å². The summed E-state index contributed by atoms with van der Waals surface area (Å²) in [6, 6.07) is 20.2. The molecule has 28 heavy (non-hydrogen) atoms. The van der Waals surface area contributed by atoms with Gasteiger partial charge in [0.2, 0.25) is 0 Å². The number of nitrogens with zero attached hydrogens (tertiary/aromatic N) is 1. The fourth-order valence-electron chi connectivity index (χ4n) is 2.27. The molecule has 0 aliphatic rings. The molecule has 3 rings (SSSR count). The number of amides is 1. The van der Waals surface area contributed by atoms with Gasteiger partial charge in [-0.15, -0.1) is 0 Å². The number of esters is 1. The van der Waals surface area contributed by atoms with Crippen LogP contribution in [0.1, 0.15) is 26.3 Å². The van der Waals surface area contributed by atoms with E-state index in [1.807, 2.05) is 6.07 Å². The highest BCUT2D eigenvalue weighted by atomic mass is 79.9. The fraction of sp³-hybridized carbons (Fsp3) is 0. The maximum Gasteiger partial charge on any atom is 0.343 e. The molecular formula is C21H14BrClN2O3. The number of carbonyl (C=O) groups is 2. The zero-order valence-electron chi connectivity index (χ0n) is 14.4. The van der Waals surface area contributed by atoms with Crippen molar-refractivity contribution in [3.05, 3.63) is 99.0 Å². The van der Waals surface area contributed by atoms with Gasteiger partial charge in [0.25, 0.3) is 5.91 Å². The van der Waals surface area contributed by atoms with Crippen molar-refractivity contribution >= 4 is 45.6 Å². The SMILES string of the molecule is O=C(N/N=C\c1cc(Br)ccc1OC(=O)c1ccc(Cl)cc1)c1ccccc1. The minimum absolute atomic E-state index is 0.306. The minimum atomic E-state index is -0.526. The van der Waals surface area contributed by atoms with Gasteiger partial charge >= 0.3 is 5.97 Å². The van der Waals surface area contributed by atoms with Crippen LogP contribution in [0.5, 0.6) is 5.75 Å². The molecule has 5 nitrogen and oxygen atoms in total. The fourth-order valence-corrected chi connectivity index (χ4v) is 2.78. The van der Waals surface area contributed by atoms with Crippen LogP contribution in [0.15, 0.2) is 82.4 Å². The van der Waals surface area contributed by atoms with Gasteiger partial charge in [-0.2, -0.15) is 5.10 Å². The lowest BCUT2D eigenvalue weighted by Gasteiger charge is -2.08. The van der Waals surface area contributed by atoms with E-state index >= 15 is 0 Å². The van der Waals surface area contributed by atoms with Gasteiger partial charge in [-0.25, -0.2) is 10.2 Å². The summed E-state index contributed by atoms with van der Waals surface area (Å²) in [6.45, 7) is 0. The Morgan fingerprint density at radius 1 is 0.964 bits per heavy atom. The first-order valence-electron chi connectivity index (χ1n) is 8.19. The zero-order chi connectivity index (χ0) is 19.9. The number of ether oxygens (including phenoxy) is 1. The van der Waals surface area contributed by atoms with Crippen molar-refractivity contribution in [3.8, 4) is 5.75 Å². The molecule has 0 saturated heterocycles. The van der Waals surface area contributed by atoms with Crippen LogP contribution in [-0.4, -0.2) is 18.1 Å². The molecule has 1 N–H and O–H groups in total. The summed E-state index contributed by atoms with van der Waals surface area (Å²) in [5.74, 6) is -0.561. The summed E-state index contributed by atoms with van der Waals surface area (Å²) >= 11 is 9.21. The van der Waals surface area contributed by atoms with Crippen LogP contribution in [0.25, 0.3) is 0 Å². The summed E-state index contributed by atoms with van der Waals surface area (Å²) in [4.78, 5) is 24.4. The maximum atomic E-state index is 12.3. The highest BCUT2D eigenvalue weighted by Gasteiger charge is 2.12. The van der Waals surface area contributed by atoms with Crippen LogP contribution in [0.2, 0.25) is 5.02 Å². The largest absolute Gasteiger partial charge is 0.422 e. The monoisotopic (exact) mass is 456 g/mol. The Bertz CT molecular complexity index is 1020. The quantitative estimate of drug-likeness (QED) is 0.251. The van der Waals surface area contributed by atoms with E-state index in [1.165, 1.54) is 6.21 Å². The summed E-state index contributed by atoms with van der Waals surface area (Å²) in [5.41, 5.74) is 3.82. The van der Waals surface area contributed by atoms with E-state index in [2.05, 4.69) is 26.5 Å². The lowest BCUT2D eigenvalue weighted by atomic mass is 10.2. The molecule has 1 amide bonds. The van der Waals surface area contributed by atoms with Crippen LogP contribution < -0.4 is 10.2 Å². The lowest BCUT2D eigenvalue weighted by molar-refractivity contribution is 0.0734. The van der Waals surface area contributed by atoms with Crippen molar-refractivity contribution < 1.29 is 14.3 Å². The Morgan fingerprint density at radius 3 is 2.39 bits per heavy atom. The number of rotatable bonds is 5. The van der Waals surface area contributed by atoms with E-state index in [-0.39, 0.29) is 5.91 Å². The average Bonchev–Trinajstić information content (AvgIpc) is 2.71. The Hall–Kier alpha value is -2.96. The third-order valence-electron chi connectivity index (χ3n) is 3.66. The van der Waals surface area contributed by atoms with Crippen molar-refractivity contribution in [1.82, 2.24) is 5.43 Å². The molecule has 7 heteroatoms. The Balaban J connectivity index is 1.74. The average molecular weight is 458 g/mol. The first kappa shape index (κ1) is 19.8. The van der Waals surface area contributed by atoms with Gasteiger partial charge in [0.15, 0.2) is 0 Å². The van der Waals surface area contributed by atoms with Crippen LogP contribution in [0, 0.1) is 0 Å². The zero-order valence-corrected chi connectivity index (χ0v) is 16.8. The molecule has 0 radical (unpaired) electrons. The van der Waals surface area contributed by atoms with Gasteiger partial charge in [0.05, 0.1) is 11.8 Å². The Labute approximate surface area is 175 Å². The molecule has 0 aliphatic heterocycles. The number of benzene rings is 3. The number of hydrogen-bond donors (Lipinski definition) is 1. The van der Waals surface area contributed by atoms with Gasteiger partial charge < -0.3 is 4.74 Å². The van der Waals surface area contributed by atoms with Crippen molar-refractivity contribution in [2.75, 3.05) is 0 Å². The smallest absolute Gasteiger partial charge is 0.343 e. The molecule has 0 atom stereocenters. The number of nitrogens with one attached hydrogen (secondary N) is 1. The summed E-state index contributed by atoms with van der Waals surface area (Å²) in [6.07, 6.45) is 1.41. The lowest BCUT2D eigenvalue weighted by Crippen LogP contribution is -2.17. The first-order chi connectivity index (χ1) is 13.5. The predicted octanol–water partition coefficient (Wildman–Crippen LogP) is 5.09. The molecule has 140 valence electrons. The number of hydrogen-bond acceptors (Lipinski definition) is 4. The molecular weight excluding hydrogens is 444 g/mol. The third-order valence-corrected chi connectivity index (χ3v) is 4.41. The standard InChI is InChI=1S/C21H14BrClN2O3/c22-17-8-11-19(28-21(27)15-6-9-18(23)10-7-15)16(12-17)13-24-25-20(26)14-4-2-1-3-5-14/h1-13H,(H,25,26)/b24-13-. The van der Waals surface area contributed by atoms with E-state index in [4.69, 9.17) is 16.3 Å². The van der Waals surface area contributed by atoms with Gasteiger partial charge in [-0.1, -0.05) is 45.7 Å². The van der Waals surface area contributed by atoms with Crippen molar-refractivity contribution in [3.63, 3.8) is 0 Å². The van der Waals surface area contributed by atoms with E-state index < -0.39 is 5.97 Å². The van der Waals surface area contributed by atoms with E-state index in [9.17, 15) is 9.59 Å². The Morgan fingerprint density at radius 2 is 1.68 bits per heavy atom. The number of hydrazone groups is 1. The van der Waals surface area contributed by atoms with Gasteiger partial charge in [-0.05, 0) is 54.6 Å². The van der Waals surface area contributed by atoms with Crippen molar-refractivity contribution in [1.29, 1.82) is 0 Å². The third kappa shape index (κ3) is 5.28. The second-order valence-electron chi connectivity index (χ2n) is 5.64. The summed E-state index contributed by atoms with van der Waals surface area (Å²) < 4.78 is 6.23. The second-order valence-corrected chi connectivity index (χ2v) is 7.00. The highest BCUT2D eigenvalue weighted by molar-refractivity contribution is 9.10. The molecule has 0 aromatic heterocycles. The summed E-state index contributed by atoms with van der Waals surface area (Å²) in [7, 11) is 0. The van der Waals surface area contributed by atoms with Crippen LogP contribution in [0.4, 0.5) is 0 Å². The highest BCUT2D eigenvalue weighted by Crippen LogP contribution is 2.23. The molecule has 3 aromatic carbocycles. The number of carbonyl (C=O) groups excluding carboxylic acids is 2. The number of halogens is 2. The Kier molecular flexibility index (Phi) is 6.57. The molecule has 0 fully saturated rings. The topological polar surface area (TPSA) is 67.8 Å². The molecule has 0 unspecified atom stereocenters. The first-order valence-corrected chi connectivity index (χ1v) is 9.36. The van der Waals surface area contributed by atoms with E-state index in [0.29, 0.717) is 27.5 Å². The van der Waals surface area contributed by atoms with Crippen molar-refractivity contribution in [2.45, 2.75) is 0 Å². The molecule has 0 spiro atoms. The molecule has 0 saturated carbocycles.